The van der Waals surface area contributed by atoms with E-state index in [0.717, 1.165) is 0 Å². The minimum atomic E-state index is -0.0272. The molecule has 0 spiro atoms. The Kier molecular flexibility index (Phi) is 6.03. The predicted molar refractivity (Wildman–Crippen MR) is 59.7 cm³/mol. The van der Waals surface area contributed by atoms with Crippen molar-refractivity contribution >= 4 is 18.5 Å². The number of hydrogen-bond donors (Lipinski definition) is 2. The van der Waals surface area contributed by atoms with Crippen molar-refractivity contribution in [3.05, 3.63) is 0 Å². The molecule has 4 heteroatoms. The van der Waals surface area contributed by atoms with Crippen LogP contribution in [-0.2, 0) is 9.53 Å². The maximum absolute atomic E-state index is 10.8. The average molecular weight is 217 g/mol. The zero-order valence-corrected chi connectivity index (χ0v) is 9.39. The Morgan fingerprint density at radius 3 is 2.71 bits per heavy atom. The number of rotatable bonds is 5. The molecule has 1 N–H and O–H groups in total. The van der Waals surface area contributed by atoms with E-state index in [2.05, 4.69) is 17.9 Å². The monoisotopic (exact) mass is 217 g/mol. The van der Waals surface area contributed by atoms with Crippen LogP contribution < -0.4 is 5.32 Å². The third kappa shape index (κ3) is 4.86. The SMILES string of the molecule is O=C(CS)NCCOC1CCCCC1. The fourth-order valence-electron chi connectivity index (χ4n) is 1.70. The number of hydrogen-bond acceptors (Lipinski definition) is 3. The van der Waals surface area contributed by atoms with Gasteiger partial charge in [0.2, 0.25) is 5.91 Å². The highest BCUT2D eigenvalue weighted by Crippen LogP contribution is 2.19. The summed E-state index contributed by atoms with van der Waals surface area (Å²) in [6, 6.07) is 0. The summed E-state index contributed by atoms with van der Waals surface area (Å²) in [6.45, 7) is 1.24. The number of nitrogens with one attached hydrogen (secondary N) is 1. The number of amides is 1. The highest BCUT2D eigenvalue weighted by Gasteiger charge is 2.12. The predicted octanol–water partition coefficient (Wildman–Crippen LogP) is 1.38. The Morgan fingerprint density at radius 1 is 1.36 bits per heavy atom. The lowest BCUT2D eigenvalue weighted by Crippen LogP contribution is -2.30. The maximum Gasteiger partial charge on any atom is 0.229 e. The third-order valence-corrected chi connectivity index (χ3v) is 2.76. The summed E-state index contributed by atoms with van der Waals surface area (Å²) in [5, 5.41) is 2.73. The molecule has 0 saturated heterocycles. The second kappa shape index (κ2) is 7.12. The van der Waals surface area contributed by atoms with Crippen LogP contribution in [0.4, 0.5) is 0 Å². The van der Waals surface area contributed by atoms with Crippen LogP contribution >= 0.6 is 12.6 Å². The van der Waals surface area contributed by atoms with Gasteiger partial charge in [-0.05, 0) is 12.8 Å². The zero-order valence-electron chi connectivity index (χ0n) is 8.50. The van der Waals surface area contributed by atoms with Gasteiger partial charge in [0.15, 0.2) is 0 Å². The summed E-state index contributed by atoms with van der Waals surface area (Å²) in [6.07, 6.45) is 6.70. The lowest BCUT2D eigenvalue weighted by atomic mass is 9.98. The highest BCUT2D eigenvalue weighted by atomic mass is 32.1. The molecule has 1 amide bonds. The molecule has 3 nitrogen and oxygen atoms in total. The van der Waals surface area contributed by atoms with E-state index < -0.39 is 0 Å². The third-order valence-electron chi connectivity index (χ3n) is 2.47. The van der Waals surface area contributed by atoms with Gasteiger partial charge in [-0.3, -0.25) is 4.79 Å². The molecule has 0 heterocycles. The molecule has 14 heavy (non-hydrogen) atoms. The van der Waals surface area contributed by atoms with E-state index >= 15 is 0 Å². The van der Waals surface area contributed by atoms with Crippen molar-refractivity contribution < 1.29 is 9.53 Å². The lowest BCUT2D eigenvalue weighted by Gasteiger charge is -2.21. The van der Waals surface area contributed by atoms with Crippen LogP contribution in [0.15, 0.2) is 0 Å². The first kappa shape index (κ1) is 11.9. The van der Waals surface area contributed by atoms with E-state index in [1.54, 1.807) is 0 Å². The topological polar surface area (TPSA) is 38.3 Å². The van der Waals surface area contributed by atoms with Crippen LogP contribution in [-0.4, -0.2) is 30.9 Å². The van der Waals surface area contributed by atoms with Gasteiger partial charge in [-0.15, -0.1) is 0 Å². The summed E-state index contributed by atoms with van der Waals surface area (Å²) in [4.78, 5) is 10.8. The van der Waals surface area contributed by atoms with Crippen LogP contribution in [0.3, 0.4) is 0 Å². The van der Waals surface area contributed by atoms with Crippen LogP contribution in [0.5, 0.6) is 0 Å². The molecule has 0 radical (unpaired) electrons. The molecule has 0 aromatic heterocycles. The molecule has 0 bridgehead atoms. The van der Waals surface area contributed by atoms with Crippen LogP contribution in [0.25, 0.3) is 0 Å². The molecule has 82 valence electrons. The minimum Gasteiger partial charge on any atom is -0.376 e. The van der Waals surface area contributed by atoms with Crippen molar-refractivity contribution in [3.8, 4) is 0 Å². The van der Waals surface area contributed by atoms with E-state index in [4.69, 9.17) is 4.74 Å². The molecule has 0 unspecified atom stereocenters. The minimum absolute atomic E-state index is 0.0272. The normalized spacial score (nSPS) is 18.1. The second-order valence-electron chi connectivity index (χ2n) is 3.64. The Labute approximate surface area is 91.0 Å². The number of ether oxygens (including phenoxy) is 1. The second-order valence-corrected chi connectivity index (χ2v) is 3.96. The van der Waals surface area contributed by atoms with Gasteiger partial charge >= 0.3 is 0 Å². The fraction of sp³-hybridized carbons (Fsp3) is 0.900. The molecule has 0 aliphatic heterocycles. The van der Waals surface area contributed by atoms with Gasteiger partial charge < -0.3 is 10.1 Å². The Hall–Kier alpha value is -0.220. The van der Waals surface area contributed by atoms with Crippen LogP contribution in [0.2, 0.25) is 0 Å². The molecule has 0 aromatic carbocycles. The molecule has 1 saturated carbocycles. The zero-order chi connectivity index (χ0) is 10.2. The molecule has 0 aromatic rings. The van der Waals surface area contributed by atoms with Gasteiger partial charge in [-0.25, -0.2) is 0 Å². The number of carbonyl (C=O) groups is 1. The van der Waals surface area contributed by atoms with Crippen molar-refractivity contribution in [1.82, 2.24) is 5.32 Å². The number of thiol groups is 1. The highest BCUT2D eigenvalue weighted by molar-refractivity contribution is 7.81. The van der Waals surface area contributed by atoms with Gasteiger partial charge in [0.05, 0.1) is 18.5 Å². The van der Waals surface area contributed by atoms with Gasteiger partial charge in [0.25, 0.3) is 0 Å². The Bertz CT molecular complexity index is 170. The van der Waals surface area contributed by atoms with Gasteiger partial charge in [-0.2, -0.15) is 12.6 Å². The number of carbonyl (C=O) groups excluding carboxylic acids is 1. The van der Waals surface area contributed by atoms with Crippen molar-refractivity contribution in [1.29, 1.82) is 0 Å². The molecule has 1 aliphatic carbocycles. The van der Waals surface area contributed by atoms with E-state index in [0.29, 0.717) is 19.3 Å². The molecule has 1 rings (SSSR count). The average Bonchev–Trinajstić information content (AvgIpc) is 2.25. The first-order valence-corrected chi connectivity index (χ1v) is 5.95. The van der Waals surface area contributed by atoms with Gasteiger partial charge in [0, 0.05) is 6.54 Å². The van der Waals surface area contributed by atoms with Crippen LogP contribution in [0.1, 0.15) is 32.1 Å². The van der Waals surface area contributed by atoms with E-state index in [1.807, 2.05) is 0 Å². The van der Waals surface area contributed by atoms with E-state index in [9.17, 15) is 4.79 Å². The lowest BCUT2D eigenvalue weighted by molar-refractivity contribution is -0.118. The molecule has 1 fully saturated rings. The molecular formula is C10H19NO2S. The smallest absolute Gasteiger partial charge is 0.229 e. The summed E-state index contributed by atoms with van der Waals surface area (Å²) in [5.41, 5.74) is 0. The van der Waals surface area contributed by atoms with Crippen molar-refractivity contribution in [2.75, 3.05) is 18.9 Å². The molecule has 1 aliphatic rings. The van der Waals surface area contributed by atoms with Crippen molar-refractivity contribution in [3.63, 3.8) is 0 Å². The summed E-state index contributed by atoms with van der Waals surface area (Å²) in [7, 11) is 0. The summed E-state index contributed by atoms with van der Waals surface area (Å²) >= 11 is 3.87. The van der Waals surface area contributed by atoms with Gasteiger partial charge in [0.1, 0.15) is 0 Å². The summed E-state index contributed by atoms with van der Waals surface area (Å²) in [5.74, 6) is 0.226. The quantitative estimate of drug-likeness (QED) is 0.539. The largest absolute Gasteiger partial charge is 0.376 e. The molecular weight excluding hydrogens is 198 g/mol. The van der Waals surface area contributed by atoms with Gasteiger partial charge in [-0.1, -0.05) is 19.3 Å². The van der Waals surface area contributed by atoms with Crippen LogP contribution in [0, 0.1) is 0 Å². The molecule has 0 atom stereocenters. The summed E-state index contributed by atoms with van der Waals surface area (Å²) < 4.78 is 5.64. The van der Waals surface area contributed by atoms with Crippen molar-refractivity contribution in [2.45, 2.75) is 38.2 Å². The first-order chi connectivity index (χ1) is 6.83. The standard InChI is InChI=1S/C10H19NO2S/c12-10(8-14)11-6-7-13-9-4-2-1-3-5-9/h9,14H,1-8H2,(H,11,12). The fourth-order valence-corrected chi connectivity index (χ4v) is 1.82. The maximum atomic E-state index is 10.8. The van der Waals surface area contributed by atoms with Crippen molar-refractivity contribution in [2.24, 2.45) is 0 Å². The van der Waals surface area contributed by atoms with E-state index in [1.165, 1.54) is 32.1 Å². The Morgan fingerprint density at radius 2 is 2.07 bits per heavy atom. The Balaban J connectivity index is 1.94. The first-order valence-electron chi connectivity index (χ1n) is 5.32. The van der Waals surface area contributed by atoms with E-state index in [-0.39, 0.29) is 11.7 Å².